The van der Waals surface area contributed by atoms with Crippen LogP contribution in [0.3, 0.4) is 0 Å². The molecule has 0 saturated heterocycles. The Morgan fingerprint density at radius 1 is 1.20 bits per heavy atom. The minimum atomic E-state index is 0.210. The SMILES string of the molecule is COc1ccc(O)c(C=NC[C@@H](C)c2ccccc2)c1. The summed E-state index contributed by atoms with van der Waals surface area (Å²) in [5, 5.41) is 9.77. The fourth-order valence-electron chi connectivity index (χ4n) is 1.96. The summed E-state index contributed by atoms with van der Waals surface area (Å²) < 4.78 is 5.13. The molecule has 0 aliphatic carbocycles. The Balaban J connectivity index is 2.03. The molecule has 0 aromatic heterocycles. The van der Waals surface area contributed by atoms with Gasteiger partial charge in [0.15, 0.2) is 0 Å². The molecule has 20 heavy (non-hydrogen) atoms. The first-order valence-electron chi connectivity index (χ1n) is 6.62. The van der Waals surface area contributed by atoms with Crippen molar-refractivity contribution in [3.8, 4) is 11.5 Å². The van der Waals surface area contributed by atoms with Crippen LogP contribution in [-0.2, 0) is 0 Å². The van der Waals surface area contributed by atoms with E-state index in [-0.39, 0.29) is 5.75 Å². The standard InChI is InChI=1S/C17H19NO2/c1-13(14-6-4-3-5-7-14)11-18-12-15-10-16(20-2)8-9-17(15)19/h3-10,12-13,19H,11H2,1-2H3/t13-/m1/s1. The molecule has 2 rings (SSSR count). The van der Waals surface area contributed by atoms with E-state index >= 15 is 0 Å². The Morgan fingerprint density at radius 3 is 2.65 bits per heavy atom. The fourth-order valence-corrected chi connectivity index (χ4v) is 1.96. The zero-order chi connectivity index (χ0) is 14.4. The van der Waals surface area contributed by atoms with Crippen molar-refractivity contribution in [2.45, 2.75) is 12.8 Å². The summed E-state index contributed by atoms with van der Waals surface area (Å²) in [5.41, 5.74) is 1.93. The second kappa shape index (κ2) is 6.75. The maximum atomic E-state index is 9.77. The Labute approximate surface area is 119 Å². The summed E-state index contributed by atoms with van der Waals surface area (Å²) in [6.45, 7) is 2.82. The van der Waals surface area contributed by atoms with Gasteiger partial charge >= 0.3 is 0 Å². The maximum absolute atomic E-state index is 9.77. The van der Waals surface area contributed by atoms with Crippen LogP contribution < -0.4 is 4.74 Å². The molecule has 0 bridgehead atoms. The van der Waals surface area contributed by atoms with Crippen molar-refractivity contribution < 1.29 is 9.84 Å². The summed E-state index contributed by atoms with van der Waals surface area (Å²) in [5.74, 6) is 1.27. The fraction of sp³-hybridized carbons (Fsp3) is 0.235. The lowest BCUT2D eigenvalue weighted by Gasteiger charge is -2.08. The van der Waals surface area contributed by atoms with Crippen LogP contribution in [0.15, 0.2) is 53.5 Å². The Hall–Kier alpha value is -2.29. The normalized spacial score (nSPS) is 12.5. The van der Waals surface area contributed by atoms with Gasteiger partial charge in [0.05, 0.1) is 7.11 Å². The monoisotopic (exact) mass is 269 g/mol. The van der Waals surface area contributed by atoms with Crippen molar-refractivity contribution in [3.63, 3.8) is 0 Å². The van der Waals surface area contributed by atoms with Crippen LogP contribution in [-0.4, -0.2) is 25.0 Å². The maximum Gasteiger partial charge on any atom is 0.124 e. The first-order chi connectivity index (χ1) is 9.70. The third kappa shape index (κ3) is 3.60. The molecule has 2 aromatic rings. The van der Waals surface area contributed by atoms with Gasteiger partial charge in [-0.3, -0.25) is 4.99 Å². The molecule has 2 aromatic carbocycles. The summed E-state index contributed by atoms with van der Waals surface area (Å²) in [6, 6.07) is 15.4. The molecule has 0 aliphatic heterocycles. The highest BCUT2D eigenvalue weighted by molar-refractivity contribution is 5.84. The second-order valence-corrected chi connectivity index (χ2v) is 4.73. The van der Waals surface area contributed by atoms with Crippen molar-refractivity contribution in [1.29, 1.82) is 0 Å². The third-order valence-electron chi connectivity index (χ3n) is 3.21. The molecule has 0 saturated carbocycles. The average molecular weight is 269 g/mol. The zero-order valence-electron chi connectivity index (χ0n) is 11.8. The number of benzene rings is 2. The molecule has 0 aliphatic rings. The van der Waals surface area contributed by atoms with Gasteiger partial charge in [-0.05, 0) is 23.8 Å². The first-order valence-corrected chi connectivity index (χ1v) is 6.62. The lowest BCUT2D eigenvalue weighted by molar-refractivity contribution is 0.412. The third-order valence-corrected chi connectivity index (χ3v) is 3.21. The Morgan fingerprint density at radius 2 is 1.95 bits per heavy atom. The minimum Gasteiger partial charge on any atom is -0.507 e. The van der Waals surface area contributed by atoms with E-state index in [1.807, 2.05) is 18.2 Å². The van der Waals surface area contributed by atoms with Gasteiger partial charge in [-0.1, -0.05) is 37.3 Å². The quantitative estimate of drug-likeness (QED) is 0.842. The molecular weight excluding hydrogens is 250 g/mol. The highest BCUT2D eigenvalue weighted by Crippen LogP contribution is 2.21. The van der Waals surface area contributed by atoms with Crippen LogP contribution in [0.1, 0.15) is 24.0 Å². The van der Waals surface area contributed by atoms with Crippen molar-refractivity contribution in [2.75, 3.05) is 13.7 Å². The van der Waals surface area contributed by atoms with Crippen LogP contribution >= 0.6 is 0 Å². The van der Waals surface area contributed by atoms with Crippen molar-refractivity contribution in [1.82, 2.24) is 0 Å². The van der Waals surface area contributed by atoms with Crippen LogP contribution in [0.4, 0.5) is 0 Å². The molecule has 0 amide bonds. The van der Waals surface area contributed by atoms with E-state index < -0.39 is 0 Å². The van der Waals surface area contributed by atoms with Crippen molar-refractivity contribution >= 4 is 6.21 Å². The number of phenolic OH excluding ortho intramolecular Hbond substituents is 1. The summed E-state index contributed by atoms with van der Waals surface area (Å²) in [6.07, 6.45) is 1.69. The number of hydrogen-bond acceptors (Lipinski definition) is 3. The molecule has 104 valence electrons. The molecular formula is C17H19NO2. The number of methoxy groups -OCH3 is 1. The number of hydrogen-bond donors (Lipinski definition) is 1. The van der Waals surface area contributed by atoms with Gasteiger partial charge in [0.1, 0.15) is 11.5 Å². The molecule has 0 heterocycles. The summed E-state index contributed by atoms with van der Waals surface area (Å²) in [4.78, 5) is 4.41. The lowest BCUT2D eigenvalue weighted by atomic mass is 10.0. The highest BCUT2D eigenvalue weighted by Gasteiger charge is 2.04. The topological polar surface area (TPSA) is 41.8 Å². The molecule has 0 fully saturated rings. The van der Waals surface area contributed by atoms with Crippen molar-refractivity contribution in [2.24, 2.45) is 4.99 Å². The minimum absolute atomic E-state index is 0.210. The van der Waals surface area contributed by atoms with Crippen LogP contribution in [0.2, 0.25) is 0 Å². The van der Waals surface area contributed by atoms with Crippen LogP contribution in [0.5, 0.6) is 11.5 Å². The van der Waals surface area contributed by atoms with E-state index in [0.717, 1.165) is 0 Å². The Kier molecular flexibility index (Phi) is 4.77. The van der Waals surface area contributed by atoms with Gasteiger partial charge < -0.3 is 9.84 Å². The first kappa shape index (κ1) is 14.1. The van der Waals surface area contributed by atoms with E-state index in [4.69, 9.17) is 4.74 Å². The van der Waals surface area contributed by atoms with Gasteiger partial charge in [0.25, 0.3) is 0 Å². The van der Waals surface area contributed by atoms with E-state index in [1.54, 1.807) is 31.5 Å². The molecule has 0 unspecified atom stereocenters. The van der Waals surface area contributed by atoms with Gasteiger partial charge in [-0.15, -0.1) is 0 Å². The van der Waals surface area contributed by atoms with Gasteiger partial charge in [0.2, 0.25) is 0 Å². The second-order valence-electron chi connectivity index (χ2n) is 4.73. The van der Waals surface area contributed by atoms with E-state index in [0.29, 0.717) is 23.8 Å². The van der Waals surface area contributed by atoms with Crippen LogP contribution in [0, 0.1) is 0 Å². The zero-order valence-corrected chi connectivity index (χ0v) is 11.8. The van der Waals surface area contributed by atoms with E-state index in [1.165, 1.54) is 5.56 Å². The largest absolute Gasteiger partial charge is 0.507 e. The van der Waals surface area contributed by atoms with Gasteiger partial charge in [-0.25, -0.2) is 0 Å². The molecule has 3 nitrogen and oxygen atoms in total. The summed E-state index contributed by atoms with van der Waals surface area (Å²) >= 11 is 0. The van der Waals surface area contributed by atoms with Crippen LogP contribution in [0.25, 0.3) is 0 Å². The van der Waals surface area contributed by atoms with Gasteiger partial charge in [0, 0.05) is 24.2 Å². The molecule has 3 heteroatoms. The number of aliphatic imine (C=N–C) groups is 1. The number of ether oxygens (including phenoxy) is 1. The lowest BCUT2D eigenvalue weighted by Crippen LogP contribution is -1.98. The predicted molar refractivity (Wildman–Crippen MR) is 82.0 cm³/mol. The Bertz CT molecular complexity index is 579. The predicted octanol–water partition coefficient (Wildman–Crippen LogP) is 3.62. The molecule has 0 radical (unpaired) electrons. The van der Waals surface area contributed by atoms with E-state index in [9.17, 15) is 5.11 Å². The molecule has 1 atom stereocenters. The van der Waals surface area contributed by atoms with E-state index in [2.05, 4.69) is 24.0 Å². The number of aromatic hydroxyl groups is 1. The number of phenols is 1. The highest BCUT2D eigenvalue weighted by atomic mass is 16.5. The summed E-state index contributed by atoms with van der Waals surface area (Å²) in [7, 11) is 1.60. The van der Waals surface area contributed by atoms with Crippen molar-refractivity contribution in [3.05, 3.63) is 59.7 Å². The number of nitrogens with zero attached hydrogens (tertiary/aromatic N) is 1. The smallest absolute Gasteiger partial charge is 0.124 e. The van der Waals surface area contributed by atoms with Gasteiger partial charge in [-0.2, -0.15) is 0 Å². The molecule has 0 spiro atoms. The molecule has 1 N–H and O–H groups in total. The number of rotatable bonds is 5. The average Bonchev–Trinajstić information content (AvgIpc) is 2.50.